The predicted molar refractivity (Wildman–Crippen MR) is 69.5 cm³/mol. The smallest absolute Gasteiger partial charge is 0.153 e. The van der Waals surface area contributed by atoms with Gasteiger partial charge in [0.15, 0.2) is 5.82 Å². The van der Waals surface area contributed by atoms with E-state index in [1.807, 2.05) is 37.5 Å². The maximum Gasteiger partial charge on any atom is 0.153 e. The average Bonchev–Trinajstić information content (AvgIpc) is 2.73. The average molecular weight is 231 g/mol. The quantitative estimate of drug-likeness (QED) is 0.829. The van der Waals surface area contributed by atoms with E-state index in [1.54, 1.807) is 4.68 Å². The molecule has 2 aromatic rings. The van der Waals surface area contributed by atoms with Crippen molar-refractivity contribution in [3.63, 3.8) is 0 Å². The lowest BCUT2D eigenvalue weighted by molar-refractivity contribution is 0.771. The van der Waals surface area contributed by atoms with Crippen LogP contribution in [0.5, 0.6) is 0 Å². The molecule has 0 radical (unpaired) electrons. The second kappa shape index (κ2) is 5.34. The number of nitrogens with zero attached hydrogens (tertiary/aromatic N) is 3. The summed E-state index contributed by atoms with van der Waals surface area (Å²) in [6.45, 7) is 3.06. The van der Waals surface area contributed by atoms with Crippen LogP contribution < -0.4 is 10.6 Å². The second-order valence-electron chi connectivity index (χ2n) is 3.83. The van der Waals surface area contributed by atoms with Crippen LogP contribution in [0.3, 0.4) is 0 Å². The highest BCUT2D eigenvalue weighted by atomic mass is 15.3. The Labute approximate surface area is 101 Å². The van der Waals surface area contributed by atoms with Crippen molar-refractivity contribution in [1.29, 1.82) is 0 Å². The minimum Gasteiger partial charge on any atom is -0.370 e. The first-order valence-electron chi connectivity index (χ1n) is 5.75. The molecule has 0 aliphatic rings. The van der Waals surface area contributed by atoms with E-state index in [-0.39, 0.29) is 0 Å². The highest BCUT2D eigenvalue weighted by Crippen LogP contribution is 2.14. The largest absolute Gasteiger partial charge is 0.370 e. The fourth-order valence-corrected chi connectivity index (χ4v) is 1.47. The highest BCUT2D eigenvalue weighted by Gasteiger charge is 2.00. The van der Waals surface area contributed by atoms with Gasteiger partial charge in [-0.3, -0.25) is 4.68 Å². The maximum absolute atomic E-state index is 4.44. The van der Waals surface area contributed by atoms with E-state index in [0.29, 0.717) is 0 Å². The van der Waals surface area contributed by atoms with E-state index in [4.69, 9.17) is 0 Å². The zero-order valence-electron chi connectivity index (χ0n) is 10.1. The first-order chi connectivity index (χ1) is 8.28. The van der Waals surface area contributed by atoms with Gasteiger partial charge in [-0.1, -0.05) is 13.0 Å². The summed E-state index contributed by atoms with van der Waals surface area (Å²) in [7, 11) is 1.89. The molecule has 2 heterocycles. The third-order valence-corrected chi connectivity index (χ3v) is 2.27. The summed E-state index contributed by atoms with van der Waals surface area (Å²) in [4.78, 5) is 4.44. The van der Waals surface area contributed by atoms with E-state index in [2.05, 4.69) is 27.6 Å². The summed E-state index contributed by atoms with van der Waals surface area (Å²) in [5.41, 5.74) is 0. The molecular formula is C12H17N5. The molecule has 0 aliphatic carbocycles. The van der Waals surface area contributed by atoms with Gasteiger partial charge < -0.3 is 10.6 Å². The number of hydrogen-bond donors (Lipinski definition) is 2. The molecule has 0 aromatic carbocycles. The highest BCUT2D eigenvalue weighted by molar-refractivity contribution is 5.54. The predicted octanol–water partition coefficient (Wildman–Crippen LogP) is 2.38. The van der Waals surface area contributed by atoms with Crippen LogP contribution in [0.25, 0.3) is 0 Å². The lowest BCUT2D eigenvalue weighted by Crippen LogP contribution is -2.03. The molecular weight excluding hydrogens is 214 g/mol. The molecule has 5 heteroatoms. The molecule has 0 bridgehead atoms. The monoisotopic (exact) mass is 231 g/mol. The van der Waals surface area contributed by atoms with Crippen molar-refractivity contribution in [2.24, 2.45) is 7.05 Å². The Bertz CT molecular complexity index is 477. The standard InChI is InChI=1S/C12H17N5/c1-3-8-13-10-5-4-6-11(14-10)15-12-7-9-17(2)16-12/h4-7,9H,3,8H2,1-2H3,(H2,13,14,15,16). The molecule has 0 unspecified atom stereocenters. The number of hydrogen-bond acceptors (Lipinski definition) is 4. The number of aromatic nitrogens is 3. The molecule has 0 aliphatic heterocycles. The molecule has 0 saturated carbocycles. The molecule has 2 N–H and O–H groups in total. The van der Waals surface area contributed by atoms with Gasteiger partial charge >= 0.3 is 0 Å². The second-order valence-corrected chi connectivity index (χ2v) is 3.83. The number of anilines is 3. The zero-order chi connectivity index (χ0) is 12.1. The first-order valence-corrected chi connectivity index (χ1v) is 5.75. The summed E-state index contributed by atoms with van der Waals surface area (Å²) in [6.07, 6.45) is 2.97. The molecule has 2 rings (SSSR count). The molecule has 0 fully saturated rings. The first kappa shape index (κ1) is 11.4. The van der Waals surface area contributed by atoms with Crippen molar-refractivity contribution in [2.45, 2.75) is 13.3 Å². The maximum atomic E-state index is 4.44. The Kier molecular flexibility index (Phi) is 3.59. The van der Waals surface area contributed by atoms with Gasteiger partial charge in [0.25, 0.3) is 0 Å². The van der Waals surface area contributed by atoms with Gasteiger partial charge in [0.05, 0.1) is 0 Å². The minimum absolute atomic E-state index is 0.796. The van der Waals surface area contributed by atoms with Crippen molar-refractivity contribution in [3.8, 4) is 0 Å². The molecule has 0 amide bonds. The number of pyridine rings is 1. The van der Waals surface area contributed by atoms with Crippen LogP contribution in [0.15, 0.2) is 30.5 Å². The number of rotatable bonds is 5. The Hall–Kier alpha value is -2.04. The summed E-state index contributed by atoms with van der Waals surface area (Å²) in [5.74, 6) is 2.48. The number of nitrogens with one attached hydrogen (secondary N) is 2. The Morgan fingerprint density at radius 2 is 2.00 bits per heavy atom. The van der Waals surface area contributed by atoms with Gasteiger partial charge in [-0.05, 0) is 18.6 Å². The Balaban J connectivity index is 2.05. The summed E-state index contributed by atoms with van der Waals surface area (Å²) >= 11 is 0. The van der Waals surface area contributed by atoms with E-state index in [0.717, 1.165) is 30.4 Å². The van der Waals surface area contributed by atoms with Crippen molar-refractivity contribution in [2.75, 3.05) is 17.2 Å². The van der Waals surface area contributed by atoms with E-state index < -0.39 is 0 Å². The van der Waals surface area contributed by atoms with Gasteiger partial charge in [-0.25, -0.2) is 4.98 Å². The van der Waals surface area contributed by atoms with Crippen LogP contribution in [0.2, 0.25) is 0 Å². The van der Waals surface area contributed by atoms with Gasteiger partial charge in [0, 0.05) is 25.9 Å². The van der Waals surface area contributed by atoms with Crippen LogP contribution in [-0.4, -0.2) is 21.3 Å². The number of aryl methyl sites for hydroxylation is 1. The zero-order valence-corrected chi connectivity index (χ0v) is 10.1. The summed E-state index contributed by atoms with van der Waals surface area (Å²) in [5, 5.41) is 10.7. The molecule has 5 nitrogen and oxygen atoms in total. The third kappa shape index (κ3) is 3.21. The third-order valence-electron chi connectivity index (χ3n) is 2.27. The van der Waals surface area contributed by atoms with Crippen molar-refractivity contribution >= 4 is 17.5 Å². The molecule has 17 heavy (non-hydrogen) atoms. The van der Waals surface area contributed by atoms with Crippen molar-refractivity contribution in [1.82, 2.24) is 14.8 Å². The minimum atomic E-state index is 0.796. The molecule has 0 saturated heterocycles. The Morgan fingerprint density at radius 1 is 1.18 bits per heavy atom. The van der Waals surface area contributed by atoms with E-state index in [1.165, 1.54) is 0 Å². The topological polar surface area (TPSA) is 54.8 Å². The van der Waals surface area contributed by atoms with Crippen molar-refractivity contribution in [3.05, 3.63) is 30.5 Å². The van der Waals surface area contributed by atoms with E-state index in [9.17, 15) is 0 Å². The van der Waals surface area contributed by atoms with Crippen LogP contribution in [0, 0.1) is 0 Å². The van der Waals surface area contributed by atoms with Crippen LogP contribution >= 0.6 is 0 Å². The normalized spacial score (nSPS) is 10.2. The SMILES string of the molecule is CCCNc1cccc(Nc2ccn(C)n2)n1. The van der Waals surface area contributed by atoms with Gasteiger partial charge in [0.1, 0.15) is 11.6 Å². The fraction of sp³-hybridized carbons (Fsp3) is 0.333. The molecule has 2 aromatic heterocycles. The summed E-state index contributed by atoms with van der Waals surface area (Å²) < 4.78 is 1.75. The lowest BCUT2D eigenvalue weighted by atomic mass is 10.4. The van der Waals surface area contributed by atoms with Crippen molar-refractivity contribution < 1.29 is 0 Å². The lowest BCUT2D eigenvalue weighted by Gasteiger charge is -2.06. The van der Waals surface area contributed by atoms with Gasteiger partial charge in [-0.2, -0.15) is 5.10 Å². The van der Waals surface area contributed by atoms with Gasteiger partial charge in [0.2, 0.25) is 0 Å². The summed E-state index contributed by atoms with van der Waals surface area (Å²) in [6, 6.07) is 7.76. The van der Waals surface area contributed by atoms with Gasteiger partial charge in [-0.15, -0.1) is 0 Å². The van der Waals surface area contributed by atoms with Crippen LogP contribution in [0.4, 0.5) is 17.5 Å². The fourth-order valence-electron chi connectivity index (χ4n) is 1.47. The molecule has 0 atom stereocenters. The Morgan fingerprint density at radius 3 is 2.71 bits per heavy atom. The van der Waals surface area contributed by atoms with Crippen LogP contribution in [-0.2, 0) is 7.05 Å². The van der Waals surface area contributed by atoms with Crippen LogP contribution in [0.1, 0.15) is 13.3 Å². The van der Waals surface area contributed by atoms with E-state index >= 15 is 0 Å². The molecule has 0 spiro atoms. The molecule has 90 valence electrons.